The fraction of sp³-hybridized carbons (Fsp3) is 0.355. The molecule has 42 heavy (non-hydrogen) atoms. The molecule has 11 heteroatoms. The van der Waals surface area contributed by atoms with Gasteiger partial charge in [-0.3, -0.25) is 9.78 Å². The molecule has 0 amide bonds. The van der Waals surface area contributed by atoms with Crippen LogP contribution in [0.1, 0.15) is 46.7 Å². The number of carbonyl (C=O) groups is 1. The highest BCUT2D eigenvalue weighted by Crippen LogP contribution is 2.26. The fourth-order valence-corrected chi connectivity index (χ4v) is 4.71. The number of Topliss-reactive ketones (excluding diaryl/α,β-unsaturated/α-hetero) is 1. The van der Waals surface area contributed by atoms with E-state index in [0.29, 0.717) is 22.9 Å². The lowest BCUT2D eigenvalue weighted by molar-refractivity contribution is 0.0993. The third-order valence-electron chi connectivity index (χ3n) is 7.41. The maximum atomic E-state index is 13.3. The smallest absolute Gasteiger partial charge is 0.167 e. The molecule has 0 bridgehead atoms. The molecule has 1 fully saturated rings. The van der Waals surface area contributed by atoms with E-state index in [0.717, 1.165) is 54.5 Å². The number of hydrogen-bond donors (Lipinski definition) is 2. The Morgan fingerprint density at radius 2 is 1.81 bits per heavy atom. The van der Waals surface area contributed by atoms with Gasteiger partial charge in [-0.15, -0.1) is 0 Å². The minimum Gasteiger partial charge on any atom is -0.340 e. The van der Waals surface area contributed by atoms with Gasteiger partial charge in [0, 0.05) is 62.2 Å². The van der Waals surface area contributed by atoms with Crippen LogP contribution in [-0.2, 0) is 11.8 Å². The summed E-state index contributed by atoms with van der Waals surface area (Å²) in [5, 5.41) is 19.8. The molecule has 1 aliphatic heterocycles. The van der Waals surface area contributed by atoms with Crippen molar-refractivity contribution >= 4 is 23.1 Å². The standard InChI is InChI=1S/C31H36N10O/c1-21-6-7-24(26(42)15-23-8-9-33-27(16-23)31(3,4)19-32)17-25(21)36-30-14-22(2)37-41(30)29-18-28(34-20-35-29)38-40-12-10-39(5)11-13-40/h6-9,14,16-18,20,36H,10-13,15H2,1-5H3,(H,34,35,38). The number of hydrazine groups is 1. The number of benzene rings is 1. The molecule has 0 saturated carbocycles. The predicted octanol–water partition coefficient (Wildman–Crippen LogP) is 4.22. The predicted molar refractivity (Wildman–Crippen MR) is 162 cm³/mol. The number of piperazine rings is 1. The lowest BCUT2D eigenvalue weighted by atomic mass is 9.89. The van der Waals surface area contributed by atoms with Gasteiger partial charge in [-0.25, -0.2) is 15.0 Å². The minimum atomic E-state index is -0.730. The van der Waals surface area contributed by atoms with Crippen LogP contribution in [0.5, 0.6) is 0 Å². The maximum Gasteiger partial charge on any atom is 0.167 e. The molecule has 11 nitrogen and oxygen atoms in total. The Morgan fingerprint density at radius 1 is 1.02 bits per heavy atom. The fourth-order valence-electron chi connectivity index (χ4n) is 4.71. The number of aromatic nitrogens is 5. The van der Waals surface area contributed by atoms with Crippen LogP contribution in [0.3, 0.4) is 0 Å². The third kappa shape index (κ3) is 6.62. The van der Waals surface area contributed by atoms with Crippen LogP contribution in [0.15, 0.2) is 55.0 Å². The average Bonchev–Trinajstić information content (AvgIpc) is 3.35. The van der Waals surface area contributed by atoms with E-state index in [-0.39, 0.29) is 12.2 Å². The van der Waals surface area contributed by atoms with Gasteiger partial charge >= 0.3 is 0 Å². The van der Waals surface area contributed by atoms with Gasteiger partial charge in [0.1, 0.15) is 18.0 Å². The molecule has 1 saturated heterocycles. The SMILES string of the molecule is Cc1cc(Nc2cc(C(=O)Cc3ccnc(C(C)(C)C#N)c3)ccc2C)n(-c2cc(NN3CCN(C)CC3)ncn2)n1. The lowest BCUT2D eigenvalue weighted by Gasteiger charge is -2.32. The molecule has 0 radical (unpaired) electrons. The van der Waals surface area contributed by atoms with Crippen LogP contribution >= 0.6 is 0 Å². The number of ketones is 1. The number of anilines is 3. The Morgan fingerprint density at radius 3 is 2.57 bits per heavy atom. The normalized spacial score (nSPS) is 14.4. The van der Waals surface area contributed by atoms with E-state index in [9.17, 15) is 10.1 Å². The first kappa shape index (κ1) is 28.9. The zero-order valence-electron chi connectivity index (χ0n) is 24.7. The molecule has 1 aromatic carbocycles. The minimum absolute atomic E-state index is 0.0231. The largest absolute Gasteiger partial charge is 0.340 e. The monoisotopic (exact) mass is 564 g/mol. The van der Waals surface area contributed by atoms with Crippen molar-refractivity contribution in [3.63, 3.8) is 0 Å². The van der Waals surface area contributed by atoms with Crippen molar-refractivity contribution in [2.45, 2.75) is 39.5 Å². The molecule has 0 aliphatic carbocycles. The maximum absolute atomic E-state index is 13.3. The number of rotatable bonds is 9. The first-order valence-electron chi connectivity index (χ1n) is 14.0. The Hall–Kier alpha value is -4.66. The number of likely N-dealkylation sites (N-methyl/N-ethyl adjacent to an activating group) is 1. The molecule has 0 atom stereocenters. The second-order valence-corrected chi connectivity index (χ2v) is 11.3. The molecule has 216 valence electrons. The van der Waals surface area contributed by atoms with Crippen molar-refractivity contribution in [3.8, 4) is 11.9 Å². The van der Waals surface area contributed by atoms with Crippen molar-refractivity contribution in [1.82, 2.24) is 34.6 Å². The molecule has 1 aliphatic rings. The van der Waals surface area contributed by atoms with E-state index >= 15 is 0 Å². The number of pyridine rings is 1. The van der Waals surface area contributed by atoms with Gasteiger partial charge < -0.3 is 15.6 Å². The van der Waals surface area contributed by atoms with Gasteiger partial charge in [0.2, 0.25) is 0 Å². The second-order valence-electron chi connectivity index (χ2n) is 11.3. The Bertz CT molecular complexity index is 1630. The summed E-state index contributed by atoms with van der Waals surface area (Å²) in [4.78, 5) is 28.8. The van der Waals surface area contributed by atoms with Crippen molar-refractivity contribution < 1.29 is 4.79 Å². The number of nitrogens with zero attached hydrogens (tertiary/aromatic N) is 8. The van der Waals surface area contributed by atoms with E-state index in [1.165, 1.54) is 6.33 Å². The Balaban J connectivity index is 1.35. The highest BCUT2D eigenvalue weighted by Gasteiger charge is 2.22. The first-order chi connectivity index (χ1) is 20.1. The topological polar surface area (TPSA) is 128 Å². The van der Waals surface area contributed by atoms with E-state index in [1.807, 2.05) is 70.2 Å². The van der Waals surface area contributed by atoms with Gasteiger partial charge in [0.05, 0.1) is 22.9 Å². The summed E-state index contributed by atoms with van der Waals surface area (Å²) >= 11 is 0. The molecular formula is C31H36N10O. The molecule has 5 rings (SSSR count). The van der Waals surface area contributed by atoms with E-state index in [4.69, 9.17) is 0 Å². The van der Waals surface area contributed by atoms with Crippen LogP contribution < -0.4 is 10.7 Å². The number of nitrogens with one attached hydrogen (secondary N) is 2. The van der Waals surface area contributed by atoms with Crippen LogP contribution in [0.2, 0.25) is 0 Å². The highest BCUT2D eigenvalue weighted by atomic mass is 16.1. The number of aryl methyl sites for hydroxylation is 2. The van der Waals surface area contributed by atoms with E-state index in [1.54, 1.807) is 10.9 Å². The van der Waals surface area contributed by atoms with Crippen LogP contribution in [0.4, 0.5) is 17.3 Å². The first-order valence-corrected chi connectivity index (χ1v) is 14.0. The van der Waals surface area contributed by atoms with E-state index in [2.05, 4.69) is 53.8 Å². The van der Waals surface area contributed by atoms with Crippen LogP contribution in [0.25, 0.3) is 5.82 Å². The summed E-state index contributed by atoms with van der Waals surface area (Å²) in [6.45, 7) is 11.3. The summed E-state index contributed by atoms with van der Waals surface area (Å²) < 4.78 is 1.75. The highest BCUT2D eigenvalue weighted by molar-refractivity contribution is 5.98. The summed E-state index contributed by atoms with van der Waals surface area (Å²) in [7, 11) is 2.12. The molecule has 3 aromatic heterocycles. The third-order valence-corrected chi connectivity index (χ3v) is 7.41. The average molecular weight is 565 g/mol. The molecular weight excluding hydrogens is 528 g/mol. The second kappa shape index (κ2) is 12.1. The molecule has 0 unspecified atom stereocenters. The van der Waals surface area contributed by atoms with Crippen molar-refractivity contribution in [2.75, 3.05) is 44.0 Å². The summed E-state index contributed by atoms with van der Waals surface area (Å²) in [5.74, 6) is 2.02. The zero-order valence-corrected chi connectivity index (χ0v) is 24.7. The molecule has 4 heterocycles. The number of nitriles is 1. The van der Waals surface area contributed by atoms with Gasteiger partial charge in [0.25, 0.3) is 0 Å². The van der Waals surface area contributed by atoms with E-state index < -0.39 is 5.41 Å². The van der Waals surface area contributed by atoms with Gasteiger partial charge in [-0.1, -0.05) is 12.1 Å². The van der Waals surface area contributed by atoms with Gasteiger partial charge in [-0.05, 0) is 64.1 Å². The van der Waals surface area contributed by atoms with Gasteiger partial charge in [-0.2, -0.15) is 15.0 Å². The molecule has 2 N–H and O–H groups in total. The quantitative estimate of drug-likeness (QED) is 0.285. The number of carbonyl (C=O) groups excluding carboxylic acids is 1. The Labute approximate surface area is 246 Å². The molecule has 4 aromatic rings. The van der Waals surface area contributed by atoms with Gasteiger partial charge in [0.15, 0.2) is 11.6 Å². The summed E-state index contributed by atoms with van der Waals surface area (Å²) in [5.41, 5.74) is 7.32. The summed E-state index contributed by atoms with van der Waals surface area (Å²) in [6.07, 6.45) is 3.39. The zero-order chi connectivity index (χ0) is 29.9. The van der Waals surface area contributed by atoms with Crippen LogP contribution in [0, 0.1) is 25.2 Å². The van der Waals surface area contributed by atoms with Crippen molar-refractivity contribution in [3.05, 3.63) is 83.1 Å². The number of hydrogen-bond acceptors (Lipinski definition) is 10. The van der Waals surface area contributed by atoms with Crippen LogP contribution in [-0.4, -0.2) is 73.7 Å². The summed E-state index contributed by atoms with van der Waals surface area (Å²) in [6, 6.07) is 15.4. The lowest BCUT2D eigenvalue weighted by Crippen LogP contribution is -2.47. The Kier molecular flexibility index (Phi) is 8.29. The van der Waals surface area contributed by atoms with Crippen molar-refractivity contribution in [1.29, 1.82) is 5.26 Å². The molecule has 0 spiro atoms. The van der Waals surface area contributed by atoms with Crippen molar-refractivity contribution in [2.24, 2.45) is 0 Å².